The molecule has 17 heavy (non-hydrogen) atoms. The Kier molecular flexibility index (Phi) is 17.8. The van der Waals surface area contributed by atoms with Crippen molar-refractivity contribution in [2.24, 2.45) is 11.5 Å². The van der Waals surface area contributed by atoms with Gasteiger partial charge in [-0.1, -0.05) is 21.6 Å². The third-order valence-corrected chi connectivity index (χ3v) is 6.18. The predicted molar refractivity (Wildman–Crippen MR) is 85.6 cm³/mol. The molecule has 0 rings (SSSR count). The van der Waals surface area contributed by atoms with Crippen molar-refractivity contribution < 1.29 is 0 Å². The Bertz CT molecular complexity index is 127. The second-order valence-electron chi connectivity index (χ2n) is 3.50. The first-order valence-electron chi connectivity index (χ1n) is 6.14. The summed E-state index contributed by atoms with van der Waals surface area (Å²) in [4.78, 5) is 0. The van der Waals surface area contributed by atoms with Crippen molar-refractivity contribution in [2.75, 3.05) is 50.8 Å². The lowest BCUT2D eigenvalue weighted by atomic mass is 10.4. The van der Waals surface area contributed by atoms with Gasteiger partial charge in [0.1, 0.15) is 0 Å². The lowest BCUT2D eigenvalue weighted by Gasteiger charge is -2.04. The quantitative estimate of drug-likeness (QED) is 0.280. The first-order valence-corrected chi connectivity index (χ1v) is 9.96. The van der Waals surface area contributed by atoms with Crippen LogP contribution in [0.25, 0.3) is 0 Å². The average molecular weight is 299 g/mol. The molecule has 0 aliphatic rings. The molecule has 104 valence electrons. The summed E-state index contributed by atoms with van der Waals surface area (Å²) in [6, 6.07) is 0. The van der Waals surface area contributed by atoms with Gasteiger partial charge in [0.05, 0.1) is 0 Å². The fourth-order valence-corrected chi connectivity index (χ4v) is 4.64. The zero-order valence-electron chi connectivity index (χ0n) is 10.5. The Morgan fingerprint density at radius 3 is 1.59 bits per heavy atom. The zero-order chi connectivity index (χ0) is 12.6. The smallest absolute Gasteiger partial charge is 0.0171 e. The summed E-state index contributed by atoms with van der Waals surface area (Å²) >= 11 is 0. The molecule has 4 nitrogen and oxygen atoms in total. The molecule has 0 fully saturated rings. The molecule has 0 saturated carbocycles. The van der Waals surface area contributed by atoms with Crippen LogP contribution in [-0.2, 0) is 0 Å². The third kappa shape index (κ3) is 16.9. The van der Waals surface area contributed by atoms with E-state index in [4.69, 9.17) is 11.5 Å². The third-order valence-electron chi connectivity index (χ3n) is 1.94. The summed E-state index contributed by atoms with van der Waals surface area (Å²) in [5.74, 6) is 2.31. The molecule has 0 spiro atoms. The number of rotatable bonds is 14. The molecule has 0 atom stereocenters. The lowest BCUT2D eigenvalue weighted by Crippen LogP contribution is -2.20. The van der Waals surface area contributed by atoms with E-state index in [1.54, 1.807) is 0 Å². The Labute approximate surface area is 117 Å². The molecule has 0 aromatic heterocycles. The van der Waals surface area contributed by atoms with Crippen molar-refractivity contribution in [3.63, 3.8) is 0 Å². The highest BCUT2D eigenvalue weighted by Crippen LogP contribution is 2.33. The van der Waals surface area contributed by atoms with E-state index in [-0.39, 0.29) is 0 Å². The minimum absolute atomic E-state index is 0.780. The predicted octanol–water partition coefficient (Wildman–Crippen LogP) is 0.893. The van der Waals surface area contributed by atoms with Crippen LogP contribution in [0.4, 0.5) is 0 Å². The van der Waals surface area contributed by atoms with E-state index in [9.17, 15) is 0 Å². The highest BCUT2D eigenvalue weighted by Gasteiger charge is 1.92. The Morgan fingerprint density at radius 1 is 0.706 bits per heavy atom. The molecule has 0 heterocycles. The molecular formula is C10H26N4S3. The summed E-state index contributed by atoms with van der Waals surface area (Å²) in [7, 11) is 5.72. The molecule has 0 bridgehead atoms. The van der Waals surface area contributed by atoms with E-state index >= 15 is 0 Å². The highest BCUT2D eigenvalue weighted by atomic mass is 33.5. The largest absolute Gasteiger partial charge is 0.330 e. The van der Waals surface area contributed by atoms with Crippen molar-refractivity contribution in [1.82, 2.24) is 10.6 Å². The Balaban J connectivity index is 2.85. The van der Waals surface area contributed by atoms with Gasteiger partial charge < -0.3 is 22.1 Å². The fraction of sp³-hybridized carbons (Fsp3) is 1.00. The normalized spacial score (nSPS) is 10.9. The van der Waals surface area contributed by atoms with Crippen molar-refractivity contribution in [2.45, 2.75) is 12.8 Å². The summed E-state index contributed by atoms with van der Waals surface area (Å²) in [6.45, 7) is 5.80. The van der Waals surface area contributed by atoms with Crippen LogP contribution in [0.3, 0.4) is 0 Å². The summed E-state index contributed by atoms with van der Waals surface area (Å²) in [5, 5.41) is 6.73. The van der Waals surface area contributed by atoms with Gasteiger partial charge in [-0.25, -0.2) is 0 Å². The van der Waals surface area contributed by atoms with E-state index in [0.29, 0.717) is 0 Å². The van der Waals surface area contributed by atoms with Crippen LogP contribution in [0.1, 0.15) is 12.8 Å². The van der Waals surface area contributed by atoms with E-state index < -0.39 is 0 Å². The van der Waals surface area contributed by atoms with Crippen LogP contribution in [0.15, 0.2) is 0 Å². The summed E-state index contributed by atoms with van der Waals surface area (Å²) in [5.41, 5.74) is 10.8. The van der Waals surface area contributed by atoms with Gasteiger partial charge in [-0.15, -0.1) is 0 Å². The molecule has 0 aliphatic heterocycles. The summed E-state index contributed by atoms with van der Waals surface area (Å²) < 4.78 is 0. The van der Waals surface area contributed by atoms with Gasteiger partial charge in [0.15, 0.2) is 0 Å². The Morgan fingerprint density at radius 2 is 1.18 bits per heavy atom. The van der Waals surface area contributed by atoms with E-state index in [2.05, 4.69) is 10.6 Å². The maximum atomic E-state index is 5.40. The van der Waals surface area contributed by atoms with Gasteiger partial charge >= 0.3 is 0 Å². The van der Waals surface area contributed by atoms with E-state index in [1.165, 1.54) is 0 Å². The van der Waals surface area contributed by atoms with E-state index in [1.807, 2.05) is 31.4 Å². The standard InChI is InChI=1S/C10H26N4S3/c11-3-1-5-13-7-9-15-17-16-10-8-14-6-2-4-12/h13-14H,1-12H2. The van der Waals surface area contributed by atoms with Gasteiger partial charge in [0.25, 0.3) is 0 Å². The van der Waals surface area contributed by atoms with Crippen LogP contribution in [0, 0.1) is 0 Å². The van der Waals surface area contributed by atoms with Crippen molar-refractivity contribution in [3.05, 3.63) is 0 Å². The average Bonchev–Trinajstić information content (AvgIpc) is 2.35. The number of hydrogen-bond acceptors (Lipinski definition) is 7. The van der Waals surface area contributed by atoms with E-state index in [0.717, 1.165) is 63.6 Å². The molecular weight excluding hydrogens is 272 g/mol. The molecule has 0 amide bonds. The second kappa shape index (κ2) is 16.9. The van der Waals surface area contributed by atoms with Gasteiger partial charge in [-0.05, 0) is 48.8 Å². The van der Waals surface area contributed by atoms with Crippen molar-refractivity contribution in [1.29, 1.82) is 0 Å². The van der Waals surface area contributed by atoms with Crippen LogP contribution < -0.4 is 22.1 Å². The minimum Gasteiger partial charge on any atom is -0.330 e. The molecule has 0 aromatic rings. The van der Waals surface area contributed by atoms with Crippen LogP contribution in [0.2, 0.25) is 0 Å². The molecule has 0 saturated heterocycles. The summed E-state index contributed by atoms with van der Waals surface area (Å²) in [6.07, 6.45) is 2.14. The molecule has 0 aliphatic carbocycles. The lowest BCUT2D eigenvalue weighted by molar-refractivity contribution is 0.683. The van der Waals surface area contributed by atoms with Gasteiger partial charge in [0, 0.05) is 24.6 Å². The monoisotopic (exact) mass is 298 g/mol. The molecule has 0 radical (unpaired) electrons. The first-order chi connectivity index (χ1) is 8.41. The molecule has 6 N–H and O–H groups in total. The Hall–Kier alpha value is 0.890. The van der Waals surface area contributed by atoms with Crippen LogP contribution >= 0.6 is 31.4 Å². The van der Waals surface area contributed by atoms with Crippen LogP contribution in [-0.4, -0.2) is 50.8 Å². The number of hydrogen-bond donors (Lipinski definition) is 4. The zero-order valence-corrected chi connectivity index (χ0v) is 12.9. The first kappa shape index (κ1) is 17.9. The van der Waals surface area contributed by atoms with Crippen molar-refractivity contribution in [3.8, 4) is 0 Å². The molecule has 0 unspecified atom stereocenters. The van der Waals surface area contributed by atoms with Crippen molar-refractivity contribution >= 4 is 31.4 Å². The molecule has 0 aromatic carbocycles. The fourth-order valence-electron chi connectivity index (χ4n) is 1.03. The highest BCUT2D eigenvalue weighted by molar-refractivity contribution is 9.09. The molecule has 7 heteroatoms. The maximum absolute atomic E-state index is 5.40. The van der Waals surface area contributed by atoms with Gasteiger partial charge in [-0.2, -0.15) is 0 Å². The topological polar surface area (TPSA) is 76.1 Å². The second-order valence-corrected chi connectivity index (χ2v) is 7.97. The number of nitrogens with two attached hydrogens (primary N) is 2. The minimum atomic E-state index is 0.780. The number of nitrogens with one attached hydrogen (secondary N) is 2. The maximum Gasteiger partial charge on any atom is 0.0171 e. The van der Waals surface area contributed by atoms with Crippen LogP contribution in [0.5, 0.6) is 0 Å². The van der Waals surface area contributed by atoms with Gasteiger partial charge in [0.2, 0.25) is 0 Å². The van der Waals surface area contributed by atoms with Gasteiger partial charge in [-0.3, -0.25) is 0 Å². The SMILES string of the molecule is NCCCNCCSSSCCNCCCN.